The number of halogens is 2. The van der Waals surface area contributed by atoms with E-state index < -0.39 is 5.79 Å². The predicted molar refractivity (Wildman–Crippen MR) is 288 cm³/mol. The summed E-state index contributed by atoms with van der Waals surface area (Å²) >= 11 is 12.7. The fourth-order valence-electron chi connectivity index (χ4n) is 8.46. The number of hydrogen-bond acceptors (Lipinski definition) is 13. The Kier molecular flexibility index (Phi) is 17.9. The molecule has 0 amide bonds. The van der Waals surface area contributed by atoms with Gasteiger partial charge in [0.05, 0.1) is 36.6 Å². The highest BCUT2D eigenvalue weighted by atomic mass is 35.5. The third-order valence-electron chi connectivity index (χ3n) is 12.8. The van der Waals surface area contributed by atoms with E-state index in [4.69, 9.17) is 69.2 Å². The number of aromatic nitrogens is 6. The highest BCUT2D eigenvalue weighted by molar-refractivity contribution is 6.35. The number of amidine groups is 2. The Labute approximate surface area is 440 Å². The van der Waals surface area contributed by atoms with E-state index in [0.29, 0.717) is 53.2 Å². The highest BCUT2D eigenvalue weighted by Crippen LogP contribution is 2.40. The fraction of sp³-hybridized carbons (Fsp3) is 0.333. The number of nitrogens with two attached hydrogens (primary N) is 2. The molecule has 0 spiro atoms. The Morgan fingerprint density at radius 1 is 0.730 bits per heavy atom. The van der Waals surface area contributed by atoms with E-state index in [-0.39, 0.29) is 36.1 Å². The van der Waals surface area contributed by atoms with Crippen LogP contribution in [0.1, 0.15) is 62.3 Å². The van der Waals surface area contributed by atoms with Gasteiger partial charge in [-0.25, -0.2) is 23.7 Å². The number of hydrogen-bond donors (Lipinski definition) is 4. The van der Waals surface area contributed by atoms with Gasteiger partial charge in [-0.05, 0) is 142 Å². The van der Waals surface area contributed by atoms with Gasteiger partial charge in [0, 0.05) is 59.3 Å². The van der Waals surface area contributed by atoms with Gasteiger partial charge < -0.3 is 45.0 Å². The van der Waals surface area contributed by atoms with E-state index in [1.807, 2.05) is 68.4 Å². The average Bonchev–Trinajstić information content (AvgIpc) is 4.19. The van der Waals surface area contributed by atoms with Crippen LogP contribution in [-0.2, 0) is 21.8 Å². The van der Waals surface area contributed by atoms with E-state index in [1.54, 1.807) is 58.3 Å². The third kappa shape index (κ3) is 13.6. The van der Waals surface area contributed by atoms with Crippen molar-refractivity contribution in [2.45, 2.75) is 64.0 Å². The van der Waals surface area contributed by atoms with Crippen LogP contribution in [0.4, 0.5) is 11.4 Å². The van der Waals surface area contributed by atoms with Gasteiger partial charge in [0.25, 0.3) is 0 Å². The van der Waals surface area contributed by atoms with Gasteiger partial charge in [-0.3, -0.25) is 10.8 Å². The van der Waals surface area contributed by atoms with E-state index in [9.17, 15) is 4.79 Å². The lowest BCUT2D eigenvalue weighted by molar-refractivity contribution is -0.190. The first kappa shape index (κ1) is 52.9. The fourth-order valence-corrected chi connectivity index (χ4v) is 9.02. The molecule has 0 saturated carbocycles. The van der Waals surface area contributed by atoms with E-state index >= 15 is 0 Å². The van der Waals surface area contributed by atoms with Crippen molar-refractivity contribution in [3.63, 3.8) is 0 Å². The van der Waals surface area contributed by atoms with Gasteiger partial charge in [0.2, 0.25) is 5.79 Å². The van der Waals surface area contributed by atoms with Crippen LogP contribution in [0.25, 0.3) is 5.69 Å². The molecule has 74 heavy (non-hydrogen) atoms. The summed E-state index contributed by atoms with van der Waals surface area (Å²) in [5, 5.41) is 24.2. The maximum absolute atomic E-state index is 12.8. The lowest BCUT2D eigenvalue weighted by Gasteiger charge is -2.37. The molecular formula is C54H62Cl2N12O6. The standard InChI is InChI=1S/C35H38Cl2N8O4.C19H24N4O2/c1-3-25(2)45-34(46)44(24-40-45)29-7-5-27(6-8-29)41-14-16-42(17-15-41)28-9-11-30(12-10-28)47-19-31-20-48-35(49-31,21-43-23-38-22-39-43)32-13-4-26(36)18-33(32)37;20-18(21)14-4-8-16(9-5-14)24-12-2-1-3-13-25-17-10-6-15(7-11-17)19(22)23/h4-13,18,22-25,31H,3,14-17,19-21H2,1-2H3;4-11H,1-3,12-13H2,(H3,20,21)(H3,22,23)/t25?,31-,35-;/m0./s1. The molecule has 1 unspecified atom stereocenters. The molecule has 18 nitrogen and oxygen atoms in total. The number of benzene rings is 5. The zero-order valence-electron chi connectivity index (χ0n) is 41.5. The Bertz CT molecular complexity index is 2900. The van der Waals surface area contributed by atoms with Crippen molar-refractivity contribution in [3.05, 3.63) is 171 Å². The summed E-state index contributed by atoms with van der Waals surface area (Å²) in [5.74, 6) is 1.27. The average molecular weight is 1050 g/mol. The second kappa shape index (κ2) is 25.0. The molecule has 20 heteroatoms. The molecule has 2 aliphatic heterocycles. The van der Waals surface area contributed by atoms with Crippen LogP contribution in [0.3, 0.4) is 0 Å². The summed E-state index contributed by atoms with van der Waals surface area (Å²) in [4.78, 5) is 21.6. The molecule has 7 aromatic rings. The van der Waals surface area contributed by atoms with Gasteiger partial charge in [0.15, 0.2) is 0 Å². The van der Waals surface area contributed by atoms with Gasteiger partial charge in [0.1, 0.15) is 67.2 Å². The van der Waals surface area contributed by atoms with Gasteiger partial charge in [-0.2, -0.15) is 10.2 Å². The second-order valence-corrected chi connectivity index (χ2v) is 18.8. The summed E-state index contributed by atoms with van der Waals surface area (Å²) in [6, 6.07) is 36.0. The number of nitrogens with one attached hydrogen (secondary N) is 2. The van der Waals surface area contributed by atoms with Crippen LogP contribution in [0.5, 0.6) is 17.2 Å². The Hall–Kier alpha value is -7.38. The van der Waals surface area contributed by atoms with Crippen LogP contribution in [-0.4, -0.2) is 99.5 Å². The minimum absolute atomic E-state index is 0.0579. The lowest BCUT2D eigenvalue weighted by atomic mass is 10.1. The summed E-state index contributed by atoms with van der Waals surface area (Å²) in [5.41, 5.74) is 15.9. The number of unbranched alkanes of at least 4 members (excludes halogenated alkanes) is 2. The molecule has 2 saturated heterocycles. The number of nitrogen functional groups attached to an aromatic ring is 2. The first-order valence-corrected chi connectivity index (χ1v) is 25.4. The minimum Gasteiger partial charge on any atom is -0.494 e. The Morgan fingerprint density at radius 3 is 1.80 bits per heavy atom. The third-order valence-corrected chi connectivity index (χ3v) is 13.4. The summed E-state index contributed by atoms with van der Waals surface area (Å²) in [6.07, 6.45) is 8.09. The molecule has 0 bridgehead atoms. The quantitative estimate of drug-likeness (QED) is 0.0302. The van der Waals surface area contributed by atoms with E-state index in [2.05, 4.69) is 49.2 Å². The lowest BCUT2D eigenvalue weighted by Crippen LogP contribution is -2.46. The highest BCUT2D eigenvalue weighted by Gasteiger charge is 2.45. The molecule has 388 valence electrons. The predicted octanol–water partition coefficient (Wildman–Crippen LogP) is 8.46. The second-order valence-electron chi connectivity index (χ2n) is 17.9. The topological polar surface area (TPSA) is 223 Å². The summed E-state index contributed by atoms with van der Waals surface area (Å²) < 4.78 is 35.0. The number of anilines is 2. The van der Waals surface area contributed by atoms with Gasteiger partial charge >= 0.3 is 5.69 Å². The van der Waals surface area contributed by atoms with Crippen LogP contribution in [0, 0.1) is 10.8 Å². The monoisotopic (exact) mass is 1040 g/mol. The number of piperazine rings is 1. The van der Waals surface area contributed by atoms with Crippen LogP contribution < -0.4 is 41.2 Å². The molecule has 0 radical (unpaired) electrons. The van der Waals surface area contributed by atoms with Crippen LogP contribution in [0.15, 0.2) is 139 Å². The molecule has 9 rings (SSSR count). The van der Waals surface area contributed by atoms with Crippen molar-refractivity contribution in [2.75, 3.05) is 62.4 Å². The number of nitrogens with zero attached hydrogens (tertiary/aromatic N) is 8. The Morgan fingerprint density at radius 2 is 1.27 bits per heavy atom. The smallest absolute Gasteiger partial charge is 0.350 e. The van der Waals surface area contributed by atoms with Crippen molar-refractivity contribution < 1.29 is 23.7 Å². The summed E-state index contributed by atoms with van der Waals surface area (Å²) in [7, 11) is 0. The van der Waals surface area contributed by atoms with Gasteiger partial charge in [-0.1, -0.05) is 36.2 Å². The van der Waals surface area contributed by atoms with Crippen LogP contribution >= 0.6 is 23.2 Å². The first-order valence-electron chi connectivity index (χ1n) is 24.6. The van der Waals surface area contributed by atoms with E-state index in [1.165, 1.54) is 11.0 Å². The Balaban J connectivity index is 0.000000246. The summed E-state index contributed by atoms with van der Waals surface area (Å²) in [6.45, 7) is 9.77. The van der Waals surface area contributed by atoms with Crippen molar-refractivity contribution >= 4 is 46.2 Å². The normalized spacial score (nSPS) is 16.8. The van der Waals surface area contributed by atoms with Crippen molar-refractivity contribution in [2.24, 2.45) is 11.5 Å². The van der Waals surface area contributed by atoms with Gasteiger partial charge in [-0.15, -0.1) is 0 Å². The molecule has 3 atom stereocenters. The molecule has 2 fully saturated rings. The molecule has 2 aliphatic rings. The van der Waals surface area contributed by atoms with Crippen molar-refractivity contribution in [3.8, 4) is 22.9 Å². The molecule has 2 aromatic heterocycles. The molecule has 0 aliphatic carbocycles. The zero-order chi connectivity index (χ0) is 52.0. The molecule has 6 N–H and O–H groups in total. The maximum Gasteiger partial charge on any atom is 0.350 e. The van der Waals surface area contributed by atoms with Crippen molar-refractivity contribution in [1.82, 2.24) is 29.1 Å². The maximum atomic E-state index is 12.8. The number of rotatable bonds is 21. The first-order chi connectivity index (χ1) is 35.9. The zero-order valence-corrected chi connectivity index (χ0v) is 43.0. The molecule has 4 heterocycles. The molecular weight excluding hydrogens is 984 g/mol. The minimum atomic E-state index is -1.16. The van der Waals surface area contributed by atoms with Crippen molar-refractivity contribution in [1.29, 1.82) is 10.8 Å². The van der Waals surface area contributed by atoms with Crippen LogP contribution in [0.2, 0.25) is 10.0 Å². The molecule has 5 aromatic carbocycles. The largest absolute Gasteiger partial charge is 0.494 e. The number of ether oxygens (including phenoxy) is 5. The van der Waals surface area contributed by atoms with E-state index in [0.717, 1.165) is 86.2 Å². The SMILES string of the molecule is CCC(C)n1ncn(-c2ccc(N3CCN(c4ccc(OC[C@H]5CO[C@](Cn6cncn6)(c6ccc(Cl)cc6Cl)O5)cc4)CC3)cc2)c1=O.N=C(N)c1ccc(OCCCCCOc2ccc(C(=N)N)cc2)cc1.